The molecule has 0 radical (unpaired) electrons. The van der Waals surface area contributed by atoms with E-state index in [2.05, 4.69) is 59.9 Å². The van der Waals surface area contributed by atoms with Crippen LogP contribution in [0.5, 0.6) is 0 Å². The summed E-state index contributed by atoms with van der Waals surface area (Å²) in [6.45, 7) is 0.870. The van der Waals surface area contributed by atoms with E-state index in [9.17, 15) is 0 Å². The van der Waals surface area contributed by atoms with E-state index in [1.807, 2.05) is 0 Å². The molecule has 3 unspecified atom stereocenters. The maximum absolute atomic E-state index is 6.02. The van der Waals surface area contributed by atoms with Crippen LogP contribution >= 0.6 is 0 Å². The summed E-state index contributed by atoms with van der Waals surface area (Å²) in [7, 11) is 0. The Morgan fingerprint density at radius 1 is 0.947 bits per heavy atom. The monoisotopic (exact) mass is 251 g/mol. The summed E-state index contributed by atoms with van der Waals surface area (Å²) in [5.41, 5.74) is 3.99. The van der Waals surface area contributed by atoms with E-state index >= 15 is 0 Å². The van der Waals surface area contributed by atoms with Crippen molar-refractivity contribution in [2.75, 3.05) is 11.9 Å². The molecule has 2 aliphatic heterocycles. The van der Waals surface area contributed by atoms with Gasteiger partial charge in [0.25, 0.3) is 0 Å². The van der Waals surface area contributed by atoms with Crippen LogP contribution < -0.4 is 5.32 Å². The van der Waals surface area contributed by atoms with Crippen LogP contribution in [-0.4, -0.2) is 12.7 Å². The van der Waals surface area contributed by atoms with Crippen LogP contribution in [0.2, 0.25) is 0 Å². The Kier molecular flexibility index (Phi) is 2.56. The molecule has 1 N–H and O–H groups in total. The lowest BCUT2D eigenvalue weighted by Gasteiger charge is -2.36. The molecular weight excluding hydrogens is 234 g/mol. The summed E-state index contributed by atoms with van der Waals surface area (Å²) < 4.78 is 6.02. The molecule has 96 valence electrons. The first-order valence-electron chi connectivity index (χ1n) is 6.95. The first kappa shape index (κ1) is 11.1. The SMILES string of the molecule is c1ccc(C2Nc3ccccc3C3CCOC32)cc1. The molecule has 19 heavy (non-hydrogen) atoms. The first-order valence-corrected chi connectivity index (χ1v) is 6.95. The van der Waals surface area contributed by atoms with Crippen LogP contribution in [0.25, 0.3) is 0 Å². The van der Waals surface area contributed by atoms with Crippen molar-refractivity contribution in [2.24, 2.45) is 0 Å². The van der Waals surface area contributed by atoms with Crippen molar-refractivity contribution in [1.82, 2.24) is 0 Å². The Bertz CT molecular complexity index is 581. The second-order valence-electron chi connectivity index (χ2n) is 5.35. The fraction of sp³-hybridized carbons (Fsp3) is 0.294. The average Bonchev–Trinajstić information content (AvgIpc) is 2.97. The zero-order chi connectivity index (χ0) is 12.7. The minimum atomic E-state index is 0.261. The summed E-state index contributed by atoms with van der Waals surface area (Å²) in [5.74, 6) is 0.530. The highest BCUT2D eigenvalue weighted by Crippen LogP contribution is 2.46. The van der Waals surface area contributed by atoms with E-state index in [0.717, 1.165) is 13.0 Å². The van der Waals surface area contributed by atoms with Crippen molar-refractivity contribution in [3.8, 4) is 0 Å². The number of fused-ring (bicyclic) bond motifs is 3. The molecule has 2 aliphatic rings. The van der Waals surface area contributed by atoms with Crippen LogP contribution in [-0.2, 0) is 4.74 Å². The van der Waals surface area contributed by atoms with Crippen LogP contribution in [0, 0.1) is 0 Å². The molecule has 0 aliphatic carbocycles. The molecule has 3 atom stereocenters. The van der Waals surface area contributed by atoms with Gasteiger partial charge in [-0.15, -0.1) is 0 Å². The van der Waals surface area contributed by atoms with Crippen LogP contribution in [0.4, 0.5) is 5.69 Å². The zero-order valence-electron chi connectivity index (χ0n) is 10.8. The fourth-order valence-corrected chi connectivity index (χ4v) is 3.41. The third-order valence-corrected chi connectivity index (χ3v) is 4.29. The highest BCUT2D eigenvalue weighted by molar-refractivity contribution is 5.58. The Morgan fingerprint density at radius 2 is 1.74 bits per heavy atom. The van der Waals surface area contributed by atoms with Crippen molar-refractivity contribution in [3.63, 3.8) is 0 Å². The van der Waals surface area contributed by atoms with Gasteiger partial charge in [-0.3, -0.25) is 0 Å². The zero-order valence-corrected chi connectivity index (χ0v) is 10.8. The standard InChI is InChI=1S/C17H17NO/c1-2-6-12(7-3-1)16-17-14(10-11-19-17)13-8-4-5-9-15(13)18-16/h1-9,14,16-18H,10-11H2. The van der Waals surface area contributed by atoms with Gasteiger partial charge >= 0.3 is 0 Å². The molecule has 4 rings (SSSR count). The average molecular weight is 251 g/mol. The quantitative estimate of drug-likeness (QED) is 0.834. The van der Waals surface area contributed by atoms with Gasteiger partial charge in [-0.05, 0) is 23.6 Å². The second-order valence-corrected chi connectivity index (χ2v) is 5.35. The molecule has 1 saturated heterocycles. The van der Waals surface area contributed by atoms with E-state index in [1.165, 1.54) is 16.8 Å². The van der Waals surface area contributed by atoms with Gasteiger partial charge < -0.3 is 10.1 Å². The summed E-state index contributed by atoms with van der Waals surface area (Å²) in [6, 6.07) is 19.5. The normalized spacial score (nSPS) is 28.3. The van der Waals surface area contributed by atoms with E-state index < -0.39 is 0 Å². The third kappa shape index (κ3) is 1.75. The number of hydrogen-bond donors (Lipinski definition) is 1. The highest BCUT2D eigenvalue weighted by atomic mass is 16.5. The van der Waals surface area contributed by atoms with Crippen LogP contribution in [0.3, 0.4) is 0 Å². The van der Waals surface area contributed by atoms with Crippen LogP contribution in [0.1, 0.15) is 29.5 Å². The number of rotatable bonds is 1. The van der Waals surface area contributed by atoms with Crippen molar-refractivity contribution >= 4 is 5.69 Å². The molecule has 0 amide bonds. The van der Waals surface area contributed by atoms with Crippen molar-refractivity contribution < 1.29 is 4.74 Å². The van der Waals surface area contributed by atoms with Crippen molar-refractivity contribution in [2.45, 2.75) is 24.5 Å². The Morgan fingerprint density at radius 3 is 2.63 bits per heavy atom. The second kappa shape index (κ2) is 4.39. The minimum absolute atomic E-state index is 0.261. The number of ether oxygens (including phenoxy) is 1. The van der Waals surface area contributed by atoms with Gasteiger partial charge in [0.05, 0.1) is 12.1 Å². The van der Waals surface area contributed by atoms with E-state index in [0.29, 0.717) is 5.92 Å². The lowest BCUT2D eigenvalue weighted by atomic mass is 9.82. The lowest BCUT2D eigenvalue weighted by molar-refractivity contribution is 0.0851. The third-order valence-electron chi connectivity index (χ3n) is 4.29. The number of benzene rings is 2. The Labute approximate surface area is 113 Å². The molecular formula is C17H17NO. The van der Waals surface area contributed by atoms with Gasteiger partial charge in [-0.25, -0.2) is 0 Å². The number of anilines is 1. The molecule has 1 fully saturated rings. The summed E-state index contributed by atoms with van der Waals surface area (Å²) in [4.78, 5) is 0. The predicted octanol–water partition coefficient (Wildman–Crippen LogP) is 3.73. The number of para-hydroxylation sites is 1. The van der Waals surface area contributed by atoms with E-state index in [-0.39, 0.29) is 12.1 Å². The largest absolute Gasteiger partial charge is 0.375 e. The fourth-order valence-electron chi connectivity index (χ4n) is 3.41. The Hall–Kier alpha value is -1.80. The van der Waals surface area contributed by atoms with E-state index in [4.69, 9.17) is 4.74 Å². The molecule has 0 aromatic heterocycles. The molecule has 0 spiro atoms. The molecule has 2 heteroatoms. The molecule has 0 saturated carbocycles. The molecule has 0 bridgehead atoms. The maximum Gasteiger partial charge on any atom is 0.0887 e. The summed E-state index contributed by atoms with van der Waals surface area (Å²) >= 11 is 0. The van der Waals surface area contributed by atoms with Crippen LogP contribution in [0.15, 0.2) is 54.6 Å². The maximum atomic E-state index is 6.02. The van der Waals surface area contributed by atoms with Gasteiger partial charge in [0.15, 0.2) is 0 Å². The lowest BCUT2D eigenvalue weighted by Crippen LogP contribution is -2.34. The van der Waals surface area contributed by atoms with Crippen molar-refractivity contribution in [3.05, 3.63) is 65.7 Å². The Balaban J connectivity index is 1.79. The molecule has 2 aromatic rings. The number of nitrogens with one attached hydrogen (secondary N) is 1. The number of hydrogen-bond acceptors (Lipinski definition) is 2. The van der Waals surface area contributed by atoms with Crippen molar-refractivity contribution in [1.29, 1.82) is 0 Å². The smallest absolute Gasteiger partial charge is 0.0887 e. The summed E-state index contributed by atoms with van der Waals surface area (Å²) in [5, 5.41) is 3.66. The van der Waals surface area contributed by atoms with Gasteiger partial charge in [0, 0.05) is 18.2 Å². The van der Waals surface area contributed by atoms with Gasteiger partial charge in [-0.1, -0.05) is 48.5 Å². The predicted molar refractivity (Wildman–Crippen MR) is 76.3 cm³/mol. The topological polar surface area (TPSA) is 21.3 Å². The molecule has 2 heterocycles. The van der Waals surface area contributed by atoms with Gasteiger partial charge in [0.2, 0.25) is 0 Å². The molecule has 2 aromatic carbocycles. The first-order chi connectivity index (χ1) is 9.43. The molecule has 2 nitrogen and oxygen atoms in total. The van der Waals surface area contributed by atoms with E-state index in [1.54, 1.807) is 0 Å². The summed E-state index contributed by atoms with van der Waals surface area (Å²) in [6.07, 6.45) is 1.39. The highest BCUT2D eigenvalue weighted by Gasteiger charge is 2.41. The minimum Gasteiger partial charge on any atom is -0.375 e. The van der Waals surface area contributed by atoms with Gasteiger partial charge in [0.1, 0.15) is 0 Å². The van der Waals surface area contributed by atoms with Gasteiger partial charge in [-0.2, -0.15) is 0 Å².